The molecule has 0 radical (unpaired) electrons. The summed E-state index contributed by atoms with van der Waals surface area (Å²) in [6.45, 7) is 11.9. The third kappa shape index (κ3) is 4.22. The van der Waals surface area contributed by atoms with E-state index in [0.29, 0.717) is 0 Å². The molecule has 106 valence electrons. The lowest BCUT2D eigenvalue weighted by atomic mass is 9.88. The first-order valence-electron chi connectivity index (χ1n) is 7.64. The lowest BCUT2D eigenvalue weighted by Gasteiger charge is -2.42. The van der Waals surface area contributed by atoms with Gasteiger partial charge in [-0.2, -0.15) is 0 Å². The Bertz CT molecular complexity index is 243. The van der Waals surface area contributed by atoms with Gasteiger partial charge in [0.25, 0.3) is 0 Å². The summed E-state index contributed by atoms with van der Waals surface area (Å²) in [5.41, 5.74) is 0.269. The van der Waals surface area contributed by atoms with E-state index < -0.39 is 0 Å². The van der Waals surface area contributed by atoms with Crippen LogP contribution in [0.15, 0.2) is 0 Å². The highest BCUT2D eigenvalue weighted by Crippen LogP contribution is 2.25. The van der Waals surface area contributed by atoms with E-state index >= 15 is 0 Å². The highest BCUT2D eigenvalue weighted by molar-refractivity contribution is 4.87. The van der Waals surface area contributed by atoms with Crippen molar-refractivity contribution in [3.63, 3.8) is 0 Å². The number of nitrogens with one attached hydrogen (secondary N) is 1. The molecule has 0 aromatic heterocycles. The third-order valence-corrected chi connectivity index (χ3v) is 4.39. The molecule has 0 atom stereocenters. The van der Waals surface area contributed by atoms with Crippen LogP contribution in [0.3, 0.4) is 0 Å². The predicted octanol–water partition coefficient (Wildman–Crippen LogP) is 1.93. The highest BCUT2D eigenvalue weighted by atomic mass is 15.3. The van der Waals surface area contributed by atoms with Gasteiger partial charge in [0.15, 0.2) is 0 Å². The Kier molecular flexibility index (Phi) is 4.68. The van der Waals surface area contributed by atoms with Crippen LogP contribution in [-0.2, 0) is 0 Å². The summed E-state index contributed by atoms with van der Waals surface area (Å²) in [5, 5.41) is 3.76. The maximum atomic E-state index is 3.76. The lowest BCUT2D eigenvalue weighted by Crippen LogP contribution is -2.52. The van der Waals surface area contributed by atoms with E-state index in [1.165, 1.54) is 51.9 Å². The Morgan fingerprint density at radius 2 is 1.44 bits per heavy atom. The Morgan fingerprint density at radius 3 is 1.94 bits per heavy atom. The van der Waals surface area contributed by atoms with Crippen LogP contribution < -0.4 is 5.32 Å². The van der Waals surface area contributed by atoms with E-state index in [-0.39, 0.29) is 5.54 Å². The fourth-order valence-corrected chi connectivity index (χ4v) is 3.38. The van der Waals surface area contributed by atoms with E-state index in [2.05, 4.69) is 42.9 Å². The van der Waals surface area contributed by atoms with Gasteiger partial charge in [-0.25, -0.2) is 0 Å². The van der Waals surface area contributed by atoms with Crippen molar-refractivity contribution in [3.05, 3.63) is 0 Å². The summed E-state index contributed by atoms with van der Waals surface area (Å²) >= 11 is 0. The van der Waals surface area contributed by atoms with Crippen molar-refractivity contribution < 1.29 is 0 Å². The summed E-state index contributed by atoms with van der Waals surface area (Å²) in [6, 6.07) is 1.60. The first kappa shape index (κ1) is 14.3. The van der Waals surface area contributed by atoms with Crippen LogP contribution in [0.2, 0.25) is 0 Å². The minimum absolute atomic E-state index is 0.269. The van der Waals surface area contributed by atoms with Crippen molar-refractivity contribution in [3.8, 4) is 0 Å². The van der Waals surface area contributed by atoms with Gasteiger partial charge in [-0.15, -0.1) is 0 Å². The van der Waals surface area contributed by atoms with Crippen LogP contribution in [0.5, 0.6) is 0 Å². The van der Waals surface area contributed by atoms with Gasteiger partial charge in [0, 0.05) is 43.8 Å². The molecular formula is C15H31N3. The zero-order chi connectivity index (χ0) is 13.2. The van der Waals surface area contributed by atoms with Crippen LogP contribution in [0.25, 0.3) is 0 Å². The summed E-state index contributed by atoms with van der Waals surface area (Å²) in [6.07, 6.45) is 5.48. The molecule has 0 amide bonds. The molecule has 0 bridgehead atoms. The maximum Gasteiger partial charge on any atom is 0.0113 e. The molecule has 3 heteroatoms. The molecular weight excluding hydrogens is 222 g/mol. The molecule has 18 heavy (non-hydrogen) atoms. The standard InChI is InChI=1S/C15H31N3/c1-15(2,3)16-13-5-7-14(8-6-13)18-11-9-17(4)10-12-18/h13-14,16H,5-12H2,1-4H3. The van der Waals surface area contributed by atoms with E-state index in [1.54, 1.807) is 0 Å². The van der Waals surface area contributed by atoms with Crippen LogP contribution in [-0.4, -0.2) is 60.6 Å². The first-order valence-corrected chi connectivity index (χ1v) is 7.64. The molecule has 1 heterocycles. The summed E-state index contributed by atoms with van der Waals surface area (Å²) < 4.78 is 0. The second-order valence-electron chi connectivity index (χ2n) is 7.24. The molecule has 0 aromatic carbocycles. The fraction of sp³-hybridized carbons (Fsp3) is 1.00. The molecule has 2 aliphatic rings. The van der Waals surface area contributed by atoms with Crippen LogP contribution in [0.1, 0.15) is 46.5 Å². The first-order chi connectivity index (χ1) is 8.44. The van der Waals surface area contributed by atoms with Crippen molar-refractivity contribution in [2.24, 2.45) is 0 Å². The quantitative estimate of drug-likeness (QED) is 0.811. The Labute approximate surface area is 113 Å². The average Bonchev–Trinajstić information content (AvgIpc) is 2.29. The second kappa shape index (κ2) is 5.89. The van der Waals surface area contributed by atoms with Gasteiger partial charge in [0.2, 0.25) is 0 Å². The van der Waals surface area contributed by atoms with E-state index in [1.807, 2.05) is 0 Å². The van der Waals surface area contributed by atoms with Crippen LogP contribution >= 0.6 is 0 Å². The van der Waals surface area contributed by atoms with Crippen molar-refractivity contribution in [1.82, 2.24) is 15.1 Å². The molecule has 1 saturated carbocycles. The monoisotopic (exact) mass is 253 g/mol. The molecule has 0 spiro atoms. The second-order valence-corrected chi connectivity index (χ2v) is 7.24. The zero-order valence-electron chi connectivity index (χ0n) is 12.7. The minimum Gasteiger partial charge on any atom is -0.309 e. The Balaban J connectivity index is 1.73. The normalized spacial score (nSPS) is 32.7. The SMILES string of the molecule is CN1CCN(C2CCC(NC(C)(C)C)CC2)CC1. The van der Waals surface area contributed by atoms with E-state index in [9.17, 15) is 0 Å². The number of rotatable bonds is 2. The van der Waals surface area contributed by atoms with Crippen molar-refractivity contribution in [2.45, 2.75) is 64.1 Å². The zero-order valence-corrected chi connectivity index (χ0v) is 12.7. The molecule has 1 saturated heterocycles. The Hall–Kier alpha value is -0.120. The van der Waals surface area contributed by atoms with Crippen molar-refractivity contribution in [2.75, 3.05) is 33.2 Å². The van der Waals surface area contributed by atoms with Gasteiger partial charge in [-0.1, -0.05) is 0 Å². The fourth-order valence-electron chi connectivity index (χ4n) is 3.38. The van der Waals surface area contributed by atoms with Gasteiger partial charge in [0.1, 0.15) is 0 Å². The smallest absolute Gasteiger partial charge is 0.0113 e. The molecule has 1 aliphatic heterocycles. The third-order valence-electron chi connectivity index (χ3n) is 4.39. The van der Waals surface area contributed by atoms with E-state index in [0.717, 1.165) is 12.1 Å². The van der Waals surface area contributed by atoms with Gasteiger partial charge >= 0.3 is 0 Å². The number of likely N-dealkylation sites (N-methyl/N-ethyl adjacent to an activating group) is 1. The number of hydrogen-bond donors (Lipinski definition) is 1. The molecule has 3 nitrogen and oxygen atoms in total. The number of nitrogens with zero attached hydrogens (tertiary/aromatic N) is 2. The van der Waals surface area contributed by atoms with Crippen LogP contribution in [0.4, 0.5) is 0 Å². The maximum absolute atomic E-state index is 3.76. The van der Waals surface area contributed by atoms with Crippen molar-refractivity contribution >= 4 is 0 Å². The van der Waals surface area contributed by atoms with E-state index in [4.69, 9.17) is 0 Å². The van der Waals surface area contributed by atoms with Gasteiger partial charge in [-0.3, -0.25) is 4.90 Å². The minimum atomic E-state index is 0.269. The molecule has 0 unspecified atom stereocenters. The van der Waals surface area contributed by atoms with Gasteiger partial charge in [0.05, 0.1) is 0 Å². The molecule has 1 aliphatic carbocycles. The molecule has 0 aromatic rings. The molecule has 2 fully saturated rings. The lowest BCUT2D eigenvalue weighted by molar-refractivity contribution is 0.0829. The predicted molar refractivity (Wildman–Crippen MR) is 78.0 cm³/mol. The largest absolute Gasteiger partial charge is 0.309 e. The highest BCUT2D eigenvalue weighted by Gasteiger charge is 2.28. The molecule has 1 N–H and O–H groups in total. The van der Waals surface area contributed by atoms with Gasteiger partial charge in [-0.05, 0) is 53.5 Å². The van der Waals surface area contributed by atoms with Crippen molar-refractivity contribution in [1.29, 1.82) is 0 Å². The number of hydrogen-bond acceptors (Lipinski definition) is 3. The summed E-state index contributed by atoms with van der Waals surface area (Å²) in [4.78, 5) is 5.18. The number of piperazine rings is 1. The topological polar surface area (TPSA) is 18.5 Å². The molecule has 2 rings (SSSR count). The summed E-state index contributed by atoms with van der Waals surface area (Å²) in [7, 11) is 2.24. The van der Waals surface area contributed by atoms with Gasteiger partial charge < -0.3 is 10.2 Å². The average molecular weight is 253 g/mol. The van der Waals surface area contributed by atoms with Crippen LogP contribution in [0, 0.1) is 0 Å². The Morgan fingerprint density at radius 1 is 0.889 bits per heavy atom. The summed E-state index contributed by atoms with van der Waals surface area (Å²) in [5.74, 6) is 0.